The first-order valence-electron chi connectivity index (χ1n) is 16.7. The number of hydrogen-bond donors (Lipinski definition) is 1. The molecule has 246 valence electrons. The van der Waals surface area contributed by atoms with E-state index in [1.165, 1.54) is 23.2 Å². The van der Waals surface area contributed by atoms with Gasteiger partial charge in [0.05, 0.1) is 11.9 Å². The summed E-state index contributed by atoms with van der Waals surface area (Å²) in [6.45, 7) is 20.0. The van der Waals surface area contributed by atoms with E-state index in [4.69, 9.17) is 14.7 Å². The first kappa shape index (κ1) is 34.2. The largest absolute Gasteiger partial charge is 0.506 e. The number of aliphatic imine (C=N–C) groups is 1. The van der Waals surface area contributed by atoms with Crippen LogP contribution in [0, 0.1) is 6.07 Å². The zero-order valence-electron chi connectivity index (χ0n) is 28.7. The number of pyridine rings is 1. The van der Waals surface area contributed by atoms with Gasteiger partial charge in [0.25, 0.3) is 0 Å². The van der Waals surface area contributed by atoms with Crippen molar-refractivity contribution in [2.45, 2.75) is 117 Å². The summed E-state index contributed by atoms with van der Waals surface area (Å²) >= 11 is 0. The Labute approximate surface area is 289 Å². The quantitative estimate of drug-likeness (QED) is 0.189. The van der Waals surface area contributed by atoms with Gasteiger partial charge in [-0.2, -0.15) is 0 Å². The normalized spacial score (nSPS) is 18.0. The van der Waals surface area contributed by atoms with Gasteiger partial charge in [0, 0.05) is 50.0 Å². The van der Waals surface area contributed by atoms with Crippen LogP contribution < -0.4 is 9.64 Å². The molecule has 2 aliphatic rings. The van der Waals surface area contributed by atoms with Crippen LogP contribution in [0.25, 0.3) is 10.9 Å². The van der Waals surface area contributed by atoms with E-state index in [-0.39, 0.29) is 44.2 Å². The van der Waals surface area contributed by atoms with E-state index in [9.17, 15) is 5.11 Å². The summed E-state index contributed by atoms with van der Waals surface area (Å²) in [7, 11) is 0. The van der Waals surface area contributed by atoms with Gasteiger partial charge in [-0.1, -0.05) is 92.6 Å². The zero-order chi connectivity index (χ0) is 32.2. The van der Waals surface area contributed by atoms with Gasteiger partial charge < -0.3 is 19.7 Å². The van der Waals surface area contributed by atoms with Crippen LogP contribution in [0.5, 0.6) is 17.4 Å². The van der Waals surface area contributed by atoms with Crippen molar-refractivity contribution < 1.29 is 30.9 Å². The molecule has 0 unspecified atom stereocenters. The molecule has 2 heterocycles. The Balaban J connectivity index is 0.00000417. The van der Waals surface area contributed by atoms with Crippen LogP contribution in [0.4, 0.5) is 5.69 Å². The van der Waals surface area contributed by atoms with Gasteiger partial charge in [0.15, 0.2) is 0 Å². The Morgan fingerprint density at radius 2 is 1.59 bits per heavy atom. The van der Waals surface area contributed by atoms with Crippen molar-refractivity contribution in [2.24, 2.45) is 4.99 Å². The summed E-state index contributed by atoms with van der Waals surface area (Å²) in [6, 6.07) is 23.1. The zero-order valence-corrected chi connectivity index (χ0v) is 31.0. The van der Waals surface area contributed by atoms with Crippen molar-refractivity contribution in [3.05, 3.63) is 88.5 Å². The summed E-state index contributed by atoms with van der Waals surface area (Å²) in [4.78, 5) is 12.7. The number of aromatic nitrogens is 1. The third kappa shape index (κ3) is 6.50. The number of fused-ring (bicyclic) bond motifs is 2. The molecule has 4 aromatic rings. The van der Waals surface area contributed by atoms with Gasteiger partial charge in [-0.15, -0.1) is 17.2 Å². The summed E-state index contributed by atoms with van der Waals surface area (Å²) in [6.07, 6.45) is 3.45. The predicted molar refractivity (Wildman–Crippen MR) is 187 cm³/mol. The number of para-hydroxylation sites is 1. The summed E-state index contributed by atoms with van der Waals surface area (Å²) in [5, 5.41) is 11.8. The molecule has 1 N–H and O–H groups in total. The number of phenols is 1. The topological polar surface area (TPSA) is 58.0 Å². The number of anilines is 1. The second kappa shape index (κ2) is 13.1. The Morgan fingerprint density at radius 1 is 0.891 bits per heavy atom. The standard InChI is InChI=1S/C40H48N3O2.Pt/c1-23(2)27-18-28(21-30(20-27)45-36-17-16-26-19-29(40(7,8)9)22-35(44)37(26)42-36)39-41-33-14-11-15-34(33)43(39)38-31(24(3)4)12-10-13-32(38)25(5)6;/h10,12-13,16-20,22-25,33-34,44H,11,14-15H2,1-9H3;/q-1;/t33-,34+;/m0./s1. The van der Waals surface area contributed by atoms with Crippen molar-refractivity contribution in [3.63, 3.8) is 0 Å². The molecule has 0 saturated heterocycles. The van der Waals surface area contributed by atoms with Crippen LogP contribution in [0.1, 0.15) is 127 Å². The first-order valence-corrected chi connectivity index (χ1v) is 16.7. The van der Waals surface area contributed by atoms with Crippen LogP contribution >= 0.6 is 0 Å². The number of phenolic OH excluding ortho intramolecular Hbond substituents is 1. The van der Waals surface area contributed by atoms with E-state index in [1.54, 1.807) is 0 Å². The third-order valence-electron chi connectivity index (χ3n) is 9.48. The molecule has 46 heavy (non-hydrogen) atoms. The predicted octanol–water partition coefficient (Wildman–Crippen LogP) is 10.4. The van der Waals surface area contributed by atoms with Gasteiger partial charge in [0.2, 0.25) is 5.88 Å². The van der Waals surface area contributed by atoms with Crippen LogP contribution in [0.3, 0.4) is 0 Å². The molecule has 1 aliphatic carbocycles. The van der Waals surface area contributed by atoms with Crippen molar-refractivity contribution >= 4 is 22.4 Å². The molecule has 3 aromatic carbocycles. The van der Waals surface area contributed by atoms with Crippen LogP contribution in [0.15, 0.2) is 59.6 Å². The molecule has 0 spiro atoms. The Kier molecular flexibility index (Phi) is 9.77. The number of benzene rings is 3. The van der Waals surface area contributed by atoms with E-state index >= 15 is 0 Å². The van der Waals surface area contributed by atoms with E-state index in [1.807, 2.05) is 18.2 Å². The molecule has 5 nitrogen and oxygen atoms in total. The minimum Gasteiger partial charge on any atom is -0.506 e. The minimum absolute atomic E-state index is 0. The molecular weight excluding hydrogens is 750 g/mol. The Bertz CT molecular complexity index is 1740. The average molecular weight is 798 g/mol. The van der Waals surface area contributed by atoms with Crippen molar-refractivity contribution in [2.75, 3.05) is 4.90 Å². The maximum atomic E-state index is 10.9. The van der Waals surface area contributed by atoms with Gasteiger partial charge >= 0.3 is 0 Å². The molecule has 1 fully saturated rings. The van der Waals surface area contributed by atoms with E-state index in [0.29, 0.717) is 35.0 Å². The second-order valence-electron chi connectivity index (χ2n) is 14.9. The van der Waals surface area contributed by atoms with Crippen molar-refractivity contribution in [1.82, 2.24) is 4.98 Å². The fraction of sp³-hybridized carbons (Fsp3) is 0.450. The van der Waals surface area contributed by atoms with Crippen LogP contribution in [0.2, 0.25) is 0 Å². The molecule has 6 rings (SSSR count). The smallest absolute Gasteiger partial charge is 0.217 e. The number of amidine groups is 1. The van der Waals surface area contributed by atoms with Gasteiger partial charge in [-0.25, -0.2) is 4.98 Å². The number of hydrogen-bond acceptors (Lipinski definition) is 5. The Hall–Kier alpha value is -3.17. The van der Waals surface area contributed by atoms with Gasteiger partial charge in [-0.3, -0.25) is 0 Å². The fourth-order valence-electron chi connectivity index (χ4n) is 6.88. The maximum absolute atomic E-state index is 10.9. The van der Waals surface area contributed by atoms with Crippen molar-refractivity contribution in [1.29, 1.82) is 0 Å². The van der Waals surface area contributed by atoms with Crippen molar-refractivity contribution in [3.8, 4) is 17.4 Å². The van der Waals surface area contributed by atoms with E-state index in [2.05, 4.69) is 110 Å². The molecular formula is C40H48N3O2Pt-. The van der Waals surface area contributed by atoms with Crippen LogP contribution in [-0.4, -0.2) is 28.0 Å². The molecule has 1 saturated carbocycles. The van der Waals surface area contributed by atoms with Gasteiger partial charge in [-0.05, 0) is 77.3 Å². The summed E-state index contributed by atoms with van der Waals surface area (Å²) < 4.78 is 6.44. The summed E-state index contributed by atoms with van der Waals surface area (Å²) in [5.41, 5.74) is 7.70. The Morgan fingerprint density at radius 3 is 2.22 bits per heavy atom. The molecule has 2 atom stereocenters. The summed E-state index contributed by atoms with van der Waals surface area (Å²) in [5.74, 6) is 3.25. The second-order valence-corrected chi connectivity index (χ2v) is 14.9. The van der Waals surface area contributed by atoms with E-state index < -0.39 is 0 Å². The first-order chi connectivity index (χ1) is 21.3. The number of ether oxygens (including phenoxy) is 1. The number of aromatic hydroxyl groups is 1. The number of rotatable bonds is 7. The SMILES string of the molecule is CC(C)c1cc(Oc2ccc3cc(C(C)(C)C)cc(O)c3n2)[c-]c(C2=N[C@H]3CCC[C@H]3N2c2c(C(C)C)cccc2C(C)C)c1.[Pt]. The number of nitrogens with zero attached hydrogens (tertiary/aromatic N) is 3. The van der Waals surface area contributed by atoms with Gasteiger partial charge in [0.1, 0.15) is 11.3 Å². The fourth-order valence-corrected chi connectivity index (χ4v) is 6.88. The molecule has 0 amide bonds. The molecule has 1 aromatic heterocycles. The third-order valence-corrected chi connectivity index (χ3v) is 9.48. The maximum Gasteiger partial charge on any atom is 0.217 e. The van der Waals surface area contributed by atoms with Crippen LogP contribution in [-0.2, 0) is 26.5 Å². The monoisotopic (exact) mass is 797 g/mol. The molecule has 1 aliphatic heterocycles. The molecule has 0 bridgehead atoms. The average Bonchev–Trinajstić information content (AvgIpc) is 3.58. The molecule has 0 radical (unpaired) electrons. The molecule has 6 heteroatoms. The van der Waals surface area contributed by atoms with E-state index in [0.717, 1.165) is 40.8 Å². The minimum atomic E-state index is -0.0789.